The maximum absolute atomic E-state index is 12.4. The minimum absolute atomic E-state index is 0.0859. The molecule has 0 heterocycles. The standard InChI is InChI=1S/C23H22ClN3O4/c1-3-31-27(2)22(29)13-15-8-9-17(19-7-5-4-6-18(15)19)14-25-26-23(30)16-10-11-21(28)20(24)12-16/h4-12,14,28H,3,13H2,1-2H3,(H,26,30). The third-order valence-corrected chi connectivity index (χ3v) is 4.95. The highest BCUT2D eigenvalue weighted by molar-refractivity contribution is 6.32. The Morgan fingerprint density at radius 2 is 1.90 bits per heavy atom. The van der Waals surface area contributed by atoms with E-state index in [4.69, 9.17) is 16.4 Å². The van der Waals surface area contributed by atoms with E-state index < -0.39 is 5.91 Å². The molecule has 0 atom stereocenters. The number of phenolic OH excluding ortho intramolecular Hbond substituents is 1. The van der Waals surface area contributed by atoms with E-state index in [2.05, 4.69) is 10.5 Å². The highest BCUT2D eigenvalue weighted by atomic mass is 35.5. The molecule has 160 valence electrons. The predicted molar refractivity (Wildman–Crippen MR) is 120 cm³/mol. The van der Waals surface area contributed by atoms with Gasteiger partial charge in [0.25, 0.3) is 5.91 Å². The molecule has 3 aromatic rings. The van der Waals surface area contributed by atoms with Crippen LogP contribution >= 0.6 is 11.6 Å². The molecule has 3 aromatic carbocycles. The number of hydrogen-bond acceptors (Lipinski definition) is 5. The molecule has 7 nitrogen and oxygen atoms in total. The van der Waals surface area contributed by atoms with E-state index in [-0.39, 0.29) is 28.7 Å². The average Bonchev–Trinajstić information content (AvgIpc) is 2.77. The summed E-state index contributed by atoms with van der Waals surface area (Å²) in [4.78, 5) is 29.8. The Labute approximate surface area is 184 Å². The molecular weight excluding hydrogens is 418 g/mol. The highest BCUT2D eigenvalue weighted by Crippen LogP contribution is 2.24. The second-order valence-electron chi connectivity index (χ2n) is 6.71. The lowest BCUT2D eigenvalue weighted by molar-refractivity contribution is -0.175. The van der Waals surface area contributed by atoms with Gasteiger partial charge in [-0.3, -0.25) is 14.4 Å². The maximum atomic E-state index is 12.4. The Balaban J connectivity index is 1.79. The highest BCUT2D eigenvalue weighted by Gasteiger charge is 2.13. The van der Waals surface area contributed by atoms with E-state index in [1.807, 2.05) is 43.3 Å². The summed E-state index contributed by atoms with van der Waals surface area (Å²) in [6.45, 7) is 2.24. The van der Waals surface area contributed by atoms with Crippen molar-refractivity contribution in [2.75, 3.05) is 13.7 Å². The summed E-state index contributed by atoms with van der Waals surface area (Å²) in [6, 6.07) is 15.5. The number of benzene rings is 3. The van der Waals surface area contributed by atoms with Gasteiger partial charge in [-0.05, 0) is 41.5 Å². The molecule has 0 fully saturated rings. The first kappa shape index (κ1) is 22.3. The quantitative estimate of drug-likeness (QED) is 0.431. The zero-order chi connectivity index (χ0) is 22.4. The number of nitrogens with one attached hydrogen (secondary N) is 1. The van der Waals surface area contributed by atoms with Crippen molar-refractivity contribution in [1.82, 2.24) is 10.5 Å². The van der Waals surface area contributed by atoms with Gasteiger partial charge in [0.15, 0.2) is 0 Å². The number of halogens is 1. The van der Waals surface area contributed by atoms with Gasteiger partial charge in [0, 0.05) is 18.2 Å². The molecule has 0 aromatic heterocycles. The van der Waals surface area contributed by atoms with Gasteiger partial charge in [-0.2, -0.15) is 5.10 Å². The van der Waals surface area contributed by atoms with Crippen LogP contribution in [0.4, 0.5) is 0 Å². The zero-order valence-corrected chi connectivity index (χ0v) is 17.9. The molecule has 0 unspecified atom stereocenters. The third kappa shape index (κ3) is 5.39. The van der Waals surface area contributed by atoms with Crippen molar-refractivity contribution >= 4 is 40.4 Å². The van der Waals surface area contributed by atoms with Crippen molar-refractivity contribution in [3.05, 3.63) is 76.3 Å². The minimum atomic E-state index is -0.455. The first-order chi connectivity index (χ1) is 14.9. The number of phenols is 1. The van der Waals surface area contributed by atoms with Crippen molar-refractivity contribution in [1.29, 1.82) is 0 Å². The summed E-state index contributed by atoms with van der Waals surface area (Å²) in [7, 11) is 1.60. The van der Waals surface area contributed by atoms with Gasteiger partial charge in [0.05, 0.1) is 24.3 Å². The molecule has 0 saturated carbocycles. The minimum Gasteiger partial charge on any atom is -0.506 e. The number of amides is 2. The number of carbonyl (C=O) groups is 2. The maximum Gasteiger partial charge on any atom is 0.271 e. The number of fused-ring (bicyclic) bond motifs is 1. The van der Waals surface area contributed by atoms with Gasteiger partial charge in [0.1, 0.15) is 5.75 Å². The van der Waals surface area contributed by atoms with Crippen molar-refractivity contribution in [2.45, 2.75) is 13.3 Å². The molecule has 2 N–H and O–H groups in total. The van der Waals surface area contributed by atoms with Crippen LogP contribution in [0.2, 0.25) is 5.02 Å². The molecule has 3 rings (SSSR count). The molecular formula is C23H22ClN3O4. The van der Waals surface area contributed by atoms with Crippen molar-refractivity contribution < 1.29 is 19.5 Å². The van der Waals surface area contributed by atoms with Gasteiger partial charge >= 0.3 is 0 Å². The number of likely N-dealkylation sites (N-methyl/N-ethyl adjacent to an activating group) is 1. The number of carbonyl (C=O) groups excluding carboxylic acids is 2. The van der Waals surface area contributed by atoms with Crippen molar-refractivity contribution in [3.8, 4) is 5.75 Å². The monoisotopic (exact) mass is 439 g/mol. The Kier molecular flexibility index (Phi) is 7.23. The van der Waals surface area contributed by atoms with E-state index in [0.29, 0.717) is 6.61 Å². The Morgan fingerprint density at radius 1 is 1.16 bits per heavy atom. The second-order valence-corrected chi connectivity index (χ2v) is 7.12. The number of hydrazone groups is 1. The molecule has 0 radical (unpaired) electrons. The SMILES string of the molecule is CCON(C)C(=O)Cc1ccc(C=NNC(=O)c2ccc(O)c(Cl)c2)c2ccccc12. The average molecular weight is 440 g/mol. The Bertz CT molecular complexity index is 1150. The third-order valence-electron chi connectivity index (χ3n) is 4.64. The lowest BCUT2D eigenvalue weighted by Crippen LogP contribution is -2.28. The molecule has 0 spiro atoms. The van der Waals surface area contributed by atoms with E-state index in [0.717, 1.165) is 21.9 Å². The van der Waals surface area contributed by atoms with Crippen LogP contribution in [0.1, 0.15) is 28.4 Å². The predicted octanol–water partition coefficient (Wildman–Crippen LogP) is 3.92. The van der Waals surface area contributed by atoms with Gasteiger partial charge in [-0.15, -0.1) is 0 Å². The molecule has 2 amide bonds. The summed E-state index contributed by atoms with van der Waals surface area (Å²) in [5, 5.41) is 16.6. The van der Waals surface area contributed by atoms with E-state index in [1.165, 1.54) is 23.3 Å². The van der Waals surface area contributed by atoms with Crippen LogP contribution in [0.5, 0.6) is 5.75 Å². The summed E-state index contributed by atoms with van der Waals surface area (Å²) in [6.07, 6.45) is 1.74. The van der Waals surface area contributed by atoms with Gasteiger partial charge in [0.2, 0.25) is 5.91 Å². The Morgan fingerprint density at radius 3 is 2.61 bits per heavy atom. The summed E-state index contributed by atoms with van der Waals surface area (Å²) in [5.74, 6) is -0.698. The fourth-order valence-corrected chi connectivity index (χ4v) is 3.25. The molecule has 8 heteroatoms. The van der Waals surface area contributed by atoms with Crippen molar-refractivity contribution in [3.63, 3.8) is 0 Å². The summed E-state index contributed by atoms with van der Waals surface area (Å²) < 4.78 is 0. The number of nitrogens with zero attached hydrogens (tertiary/aromatic N) is 2. The normalized spacial score (nSPS) is 11.1. The van der Waals surface area contributed by atoms with Crippen LogP contribution in [-0.2, 0) is 16.1 Å². The van der Waals surface area contributed by atoms with Crippen LogP contribution < -0.4 is 5.43 Å². The molecule has 0 aliphatic carbocycles. The number of aromatic hydroxyl groups is 1. The fraction of sp³-hybridized carbons (Fsp3) is 0.174. The second kappa shape index (κ2) is 10.1. The van der Waals surface area contributed by atoms with Crippen molar-refractivity contribution in [2.24, 2.45) is 5.10 Å². The molecule has 0 saturated heterocycles. The summed E-state index contributed by atoms with van der Waals surface area (Å²) >= 11 is 5.84. The van der Waals surface area contributed by atoms with Gasteiger partial charge in [-0.25, -0.2) is 10.5 Å². The largest absolute Gasteiger partial charge is 0.506 e. The molecule has 0 bridgehead atoms. The van der Waals surface area contributed by atoms with E-state index in [9.17, 15) is 14.7 Å². The molecule has 0 aliphatic rings. The van der Waals surface area contributed by atoms with Crippen LogP contribution in [0, 0.1) is 0 Å². The van der Waals surface area contributed by atoms with Gasteiger partial charge < -0.3 is 5.11 Å². The smallest absolute Gasteiger partial charge is 0.271 e. The van der Waals surface area contributed by atoms with Crippen LogP contribution in [0.3, 0.4) is 0 Å². The van der Waals surface area contributed by atoms with Crippen LogP contribution in [0.25, 0.3) is 10.8 Å². The first-order valence-corrected chi connectivity index (χ1v) is 10.0. The topological polar surface area (TPSA) is 91.2 Å². The molecule has 0 aliphatic heterocycles. The molecule has 31 heavy (non-hydrogen) atoms. The van der Waals surface area contributed by atoms with E-state index >= 15 is 0 Å². The van der Waals surface area contributed by atoms with Gasteiger partial charge in [-0.1, -0.05) is 48.0 Å². The lowest BCUT2D eigenvalue weighted by Gasteiger charge is -2.16. The van der Waals surface area contributed by atoms with E-state index in [1.54, 1.807) is 13.3 Å². The van der Waals surface area contributed by atoms with Crippen LogP contribution in [0.15, 0.2) is 59.7 Å². The van der Waals surface area contributed by atoms with Crippen LogP contribution in [-0.4, -0.2) is 41.9 Å². The number of rotatable bonds is 7. The zero-order valence-electron chi connectivity index (χ0n) is 17.1. The number of hydroxylamine groups is 2. The lowest BCUT2D eigenvalue weighted by atomic mass is 9.98. The fourth-order valence-electron chi connectivity index (χ4n) is 3.06. The first-order valence-electron chi connectivity index (χ1n) is 9.62. The Hall–Kier alpha value is -3.42. The number of hydrogen-bond donors (Lipinski definition) is 2. The summed E-state index contributed by atoms with van der Waals surface area (Å²) in [5.41, 5.74) is 4.38.